The van der Waals surface area contributed by atoms with Gasteiger partial charge in [0.15, 0.2) is 0 Å². The van der Waals surface area contributed by atoms with E-state index in [0.717, 1.165) is 23.1 Å². The van der Waals surface area contributed by atoms with Crippen LogP contribution in [0.2, 0.25) is 0 Å². The summed E-state index contributed by atoms with van der Waals surface area (Å²) in [6, 6.07) is 12.8. The summed E-state index contributed by atoms with van der Waals surface area (Å²) in [7, 11) is 2.00. The molecule has 0 saturated carbocycles. The van der Waals surface area contributed by atoms with Crippen LogP contribution >= 0.6 is 0 Å². The molecule has 2 heterocycles. The van der Waals surface area contributed by atoms with Crippen LogP contribution in [0, 0.1) is 6.92 Å². The minimum absolute atomic E-state index is 0.144. The maximum Gasteiger partial charge on any atom is 0.0748 e. The third-order valence-corrected chi connectivity index (χ3v) is 3.70. The fraction of sp³-hybridized carbons (Fsp3) is 0.294. The first kappa shape index (κ1) is 13.8. The number of aromatic nitrogens is 3. The molecule has 1 atom stereocenters. The molecule has 1 unspecified atom stereocenters. The van der Waals surface area contributed by atoms with Crippen LogP contribution in [-0.2, 0) is 7.05 Å². The van der Waals surface area contributed by atoms with Crippen molar-refractivity contribution in [2.75, 3.05) is 6.54 Å². The van der Waals surface area contributed by atoms with Gasteiger partial charge in [0.25, 0.3) is 0 Å². The average Bonchev–Trinajstić information content (AvgIpc) is 2.83. The summed E-state index contributed by atoms with van der Waals surface area (Å²) < 4.78 is 1.95. The van der Waals surface area contributed by atoms with Gasteiger partial charge in [0.1, 0.15) is 0 Å². The number of nitrogens with zero attached hydrogens (tertiary/aromatic N) is 3. The molecule has 4 nitrogen and oxygen atoms in total. The molecule has 21 heavy (non-hydrogen) atoms. The molecule has 1 N–H and O–H groups in total. The highest BCUT2D eigenvalue weighted by Crippen LogP contribution is 2.25. The fourth-order valence-electron chi connectivity index (χ4n) is 2.77. The Labute approximate surface area is 124 Å². The number of pyridine rings is 1. The molecule has 108 valence electrons. The van der Waals surface area contributed by atoms with Crippen LogP contribution in [-0.4, -0.2) is 21.3 Å². The Morgan fingerprint density at radius 1 is 1.24 bits per heavy atom. The Hall–Kier alpha value is -2.20. The largest absolute Gasteiger partial charge is 0.305 e. The summed E-state index contributed by atoms with van der Waals surface area (Å²) in [5.74, 6) is 0. The molecule has 3 aromatic rings. The van der Waals surface area contributed by atoms with Gasteiger partial charge in [0.05, 0.1) is 22.9 Å². The number of hydrogen-bond donors (Lipinski definition) is 1. The second kappa shape index (κ2) is 5.66. The van der Waals surface area contributed by atoms with Crippen molar-refractivity contribution in [3.63, 3.8) is 0 Å². The summed E-state index contributed by atoms with van der Waals surface area (Å²) in [6.45, 7) is 5.05. The van der Waals surface area contributed by atoms with Crippen molar-refractivity contribution in [1.82, 2.24) is 20.1 Å². The number of fused-ring (bicyclic) bond motifs is 1. The Kier molecular flexibility index (Phi) is 3.71. The smallest absolute Gasteiger partial charge is 0.0748 e. The van der Waals surface area contributed by atoms with E-state index in [2.05, 4.69) is 52.7 Å². The molecule has 0 saturated heterocycles. The summed E-state index contributed by atoms with van der Waals surface area (Å²) in [6.07, 6.45) is 1.83. The normalized spacial score (nSPS) is 12.7. The van der Waals surface area contributed by atoms with Gasteiger partial charge in [-0.05, 0) is 43.3 Å². The van der Waals surface area contributed by atoms with E-state index in [1.807, 2.05) is 30.9 Å². The van der Waals surface area contributed by atoms with Gasteiger partial charge in [-0.2, -0.15) is 5.10 Å². The molecule has 0 radical (unpaired) electrons. The van der Waals surface area contributed by atoms with Crippen molar-refractivity contribution in [3.05, 3.63) is 59.5 Å². The van der Waals surface area contributed by atoms with Crippen molar-refractivity contribution in [2.24, 2.45) is 7.05 Å². The molecule has 0 aliphatic rings. The molecule has 0 spiro atoms. The van der Waals surface area contributed by atoms with Crippen molar-refractivity contribution in [1.29, 1.82) is 0 Å². The van der Waals surface area contributed by atoms with Crippen LogP contribution in [0.5, 0.6) is 0 Å². The summed E-state index contributed by atoms with van der Waals surface area (Å²) in [5.41, 5.74) is 4.48. The third kappa shape index (κ3) is 2.67. The number of aryl methyl sites for hydroxylation is 2. The lowest BCUT2D eigenvalue weighted by atomic mass is 10.0. The highest BCUT2D eigenvalue weighted by molar-refractivity contribution is 5.79. The number of nitrogens with one attached hydrogen (secondary N) is 1. The molecular weight excluding hydrogens is 260 g/mol. The predicted octanol–water partition coefficient (Wildman–Crippen LogP) is 2.98. The van der Waals surface area contributed by atoms with Crippen LogP contribution in [0.4, 0.5) is 0 Å². The maximum atomic E-state index is 4.47. The minimum atomic E-state index is 0.144. The Bertz CT molecular complexity index is 760. The summed E-state index contributed by atoms with van der Waals surface area (Å²) in [4.78, 5) is 4.38. The van der Waals surface area contributed by atoms with E-state index in [9.17, 15) is 0 Å². The molecule has 0 aliphatic carbocycles. The third-order valence-electron chi connectivity index (χ3n) is 3.70. The zero-order chi connectivity index (χ0) is 14.8. The summed E-state index contributed by atoms with van der Waals surface area (Å²) >= 11 is 0. The predicted molar refractivity (Wildman–Crippen MR) is 85.2 cm³/mol. The monoisotopic (exact) mass is 280 g/mol. The van der Waals surface area contributed by atoms with E-state index in [1.54, 1.807) is 0 Å². The Morgan fingerprint density at radius 2 is 2.10 bits per heavy atom. The van der Waals surface area contributed by atoms with Crippen molar-refractivity contribution >= 4 is 10.9 Å². The standard InChI is InChI=1S/C17H20N4/c1-4-18-17(16-10-12(2)20-21(16)3)14-7-8-15-13(11-14)6-5-9-19-15/h5-11,17-18H,4H2,1-3H3. The molecular formula is C17H20N4. The number of benzene rings is 1. The zero-order valence-electron chi connectivity index (χ0n) is 12.7. The van der Waals surface area contributed by atoms with Gasteiger partial charge in [0, 0.05) is 18.6 Å². The van der Waals surface area contributed by atoms with Crippen LogP contribution in [0.3, 0.4) is 0 Å². The van der Waals surface area contributed by atoms with Gasteiger partial charge >= 0.3 is 0 Å². The molecule has 4 heteroatoms. The lowest BCUT2D eigenvalue weighted by molar-refractivity contribution is 0.572. The lowest BCUT2D eigenvalue weighted by Gasteiger charge is -2.19. The number of hydrogen-bond acceptors (Lipinski definition) is 3. The van der Waals surface area contributed by atoms with E-state index in [1.165, 1.54) is 11.3 Å². The first-order valence-electron chi connectivity index (χ1n) is 7.27. The van der Waals surface area contributed by atoms with Gasteiger partial charge in [-0.25, -0.2) is 0 Å². The van der Waals surface area contributed by atoms with Gasteiger partial charge in [0.2, 0.25) is 0 Å². The highest BCUT2D eigenvalue weighted by Gasteiger charge is 2.17. The van der Waals surface area contributed by atoms with E-state index in [4.69, 9.17) is 0 Å². The molecule has 0 fully saturated rings. The van der Waals surface area contributed by atoms with Crippen LogP contribution < -0.4 is 5.32 Å². The SMILES string of the molecule is CCNC(c1ccc2ncccc2c1)c1cc(C)nn1C. The minimum Gasteiger partial charge on any atom is -0.305 e. The van der Waals surface area contributed by atoms with Gasteiger partial charge < -0.3 is 5.32 Å². The zero-order valence-corrected chi connectivity index (χ0v) is 12.7. The van der Waals surface area contributed by atoms with Crippen LogP contribution in [0.25, 0.3) is 10.9 Å². The van der Waals surface area contributed by atoms with Crippen molar-refractivity contribution in [3.8, 4) is 0 Å². The van der Waals surface area contributed by atoms with E-state index < -0.39 is 0 Å². The van der Waals surface area contributed by atoms with Gasteiger partial charge in [-0.1, -0.05) is 19.1 Å². The quantitative estimate of drug-likeness (QED) is 0.799. The van der Waals surface area contributed by atoms with Crippen molar-refractivity contribution < 1.29 is 0 Å². The molecule has 3 rings (SSSR count). The molecule has 2 aromatic heterocycles. The molecule has 0 amide bonds. The number of rotatable bonds is 4. The fourth-order valence-corrected chi connectivity index (χ4v) is 2.77. The van der Waals surface area contributed by atoms with Gasteiger partial charge in [-0.3, -0.25) is 9.67 Å². The van der Waals surface area contributed by atoms with Gasteiger partial charge in [-0.15, -0.1) is 0 Å². The average molecular weight is 280 g/mol. The molecule has 1 aromatic carbocycles. The van der Waals surface area contributed by atoms with Crippen molar-refractivity contribution in [2.45, 2.75) is 19.9 Å². The Morgan fingerprint density at radius 3 is 2.81 bits per heavy atom. The second-order valence-corrected chi connectivity index (χ2v) is 5.28. The maximum absolute atomic E-state index is 4.47. The topological polar surface area (TPSA) is 42.7 Å². The second-order valence-electron chi connectivity index (χ2n) is 5.28. The first-order chi connectivity index (χ1) is 10.2. The van der Waals surface area contributed by atoms with E-state index >= 15 is 0 Å². The van der Waals surface area contributed by atoms with Crippen LogP contribution in [0.15, 0.2) is 42.6 Å². The Balaban J connectivity index is 2.08. The summed E-state index contributed by atoms with van der Waals surface area (Å²) in [5, 5.41) is 9.18. The lowest BCUT2D eigenvalue weighted by Crippen LogP contribution is -2.24. The molecule has 0 bridgehead atoms. The van der Waals surface area contributed by atoms with Crippen LogP contribution in [0.1, 0.15) is 29.9 Å². The van der Waals surface area contributed by atoms with E-state index in [0.29, 0.717) is 0 Å². The highest BCUT2D eigenvalue weighted by atomic mass is 15.3. The molecule has 0 aliphatic heterocycles. The van der Waals surface area contributed by atoms with E-state index in [-0.39, 0.29) is 6.04 Å². The first-order valence-corrected chi connectivity index (χ1v) is 7.27.